The predicted molar refractivity (Wildman–Crippen MR) is 109 cm³/mol. The molecule has 28 heavy (non-hydrogen) atoms. The largest absolute Gasteiger partial charge is 0.491 e. The number of alkyl halides is 1. The van der Waals surface area contributed by atoms with E-state index < -0.39 is 6.17 Å². The smallest absolute Gasteiger partial charge is 0.328 e. The normalized spacial score (nSPS) is 15.9. The molecule has 0 spiro atoms. The first kappa shape index (κ1) is 22.2. The molecule has 2 rings (SSSR count). The van der Waals surface area contributed by atoms with E-state index in [4.69, 9.17) is 4.74 Å². The lowest BCUT2D eigenvalue weighted by Crippen LogP contribution is -2.34. The monoisotopic (exact) mass is 409 g/mol. The van der Waals surface area contributed by atoms with Crippen molar-refractivity contribution in [1.82, 2.24) is 14.9 Å². The van der Waals surface area contributed by atoms with Gasteiger partial charge in [0.1, 0.15) is 25.1 Å². The Labute approximate surface area is 170 Å². The van der Waals surface area contributed by atoms with E-state index >= 15 is 0 Å². The maximum Gasteiger partial charge on any atom is 0.328 e. The van der Waals surface area contributed by atoms with Crippen LogP contribution in [0.25, 0.3) is 0 Å². The second-order valence-corrected chi connectivity index (χ2v) is 8.29. The number of urea groups is 1. The minimum atomic E-state index is -0.997. The first-order valence-electron chi connectivity index (χ1n) is 9.33. The van der Waals surface area contributed by atoms with Crippen molar-refractivity contribution in [3.63, 3.8) is 0 Å². The molecule has 1 aliphatic heterocycles. The number of ether oxygens (including phenoxy) is 1. The summed E-state index contributed by atoms with van der Waals surface area (Å²) in [5.74, 6) is 0.384. The van der Waals surface area contributed by atoms with Gasteiger partial charge in [-0.2, -0.15) is 0 Å². The Morgan fingerprint density at radius 1 is 1.43 bits per heavy atom. The average Bonchev–Trinajstić information content (AvgIpc) is 2.96. The summed E-state index contributed by atoms with van der Waals surface area (Å²) < 4.78 is 21.8. The number of nitrogens with one attached hydrogen (secondary N) is 2. The number of allylic oxidation sites excluding steroid dienone is 1. The second-order valence-electron chi connectivity index (χ2n) is 7.41. The summed E-state index contributed by atoms with van der Waals surface area (Å²) in [7, 11) is 0. The fraction of sp³-hybridized carbons (Fsp3) is 0.500. The molecule has 1 aliphatic rings. The minimum Gasteiger partial charge on any atom is -0.491 e. The van der Waals surface area contributed by atoms with Crippen LogP contribution in [-0.2, 0) is 4.79 Å². The molecule has 1 unspecified atom stereocenters. The SMILES string of the molecule is CC(F)COc1cccc(SNC(C)(C)CCC/C=C/N2CC(=O)NC2=O)c1. The van der Waals surface area contributed by atoms with E-state index in [1.165, 1.54) is 23.8 Å². The lowest BCUT2D eigenvalue weighted by atomic mass is 9.99. The van der Waals surface area contributed by atoms with Gasteiger partial charge < -0.3 is 4.74 Å². The summed E-state index contributed by atoms with van der Waals surface area (Å²) in [5.41, 5.74) is -0.0934. The second kappa shape index (κ2) is 10.5. The van der Waals surface area contributed by atoms with Crippen LogP contribution >= 0.6 is 11.9 Å². The molecule has 1 heterocycles. The summed E-state index contributed by atoms with van der Waals surface area (Å²) in [6.45, 7) is 5.86. The van der Waals surface area contributed by atoms with Gasteiger partial charge in [0.2, 0.25) is 5.91 Å². The fourth-order valence-corrected chi connectivity index (χ4v) is 3.35. The number of benzene rings is 1. The first-order chi connectivity index (χ1) is 13.2. The van der Waals surface area contributed by atoms with Gasteiger partial charge in [0.25, 0.3) is 0 Å². The number of hydrogen-bond acceptors (Lipinski definition) is 5. The van der Waals surface area contributed by atoms with Crippen molar-refractivity contribution >= 4 is 23.9 Å². The van der Waals surface area contributed by atoms with Gasteiger partial charge in [-0.15, -0.1) is 0 Å². The molecular formula is C20H28FN3O3S. The molecule has 3 amide bonds. The number of amides is 3. The van der Waals surface area contributed by atoms with Gasteiger partial charge in [-0.25, -0.2) is 9.18 Å². The summed E-state index contributed by atoms with van der Waals surface area (Å²) in [5, 5.41) is 2.24. The average molecular weight is 410 g/mol. The van der Waals surface area contributed by atoms with Crippen LogP contribution < -0.4 is 14.8 Å². The van der Waals surface area contributed by atoms with Crippen molar-refractivity contribution in [1.29, 1.82) is 0 Å². The molecule has 2 N–H and O–H groups in total. The van der Waals surface area contributed by atoms with Crippen LogP contribution in [-0.4, -0.2) is 41.7 Å². The molecule has 1 saturated heterocycles. The molecule has 0 aliphatic carbocycles. The van der Waals surface area contributed by atoms with Crippen LogP contribution in [0.4, 0.5) is 9.18 Å². The lowest BCUT2D eigenvalue weighted by Gasteiger charge is -2.25. The van der Waals surface area contributed by atoms with Crippen molar-refractivity contribution in [2.75, 3.05) is 13.2 Å². The number of nitrogens with zero attached hydrogens (tertiary/aromatic N) is 1. The van der Waals surface area contributed by atoms with E-state index in [1.54, 1.807) is 6.20 Å². The number of hydrogen-bond donors (Lipinski definition) is 2. The Kier molecular flexibility index (Phi) is 8.32. The van der Waals surface area contributed by atoms with Gasteiger partial charge in [-0.05, 0) is 70.2 Å². The van der Waals surface area contributed by atoms with Crippen molar-refractivity contribution in [2.45, 2.75) is 56.6 Å². The van der Waals surface area contributed by atoms with Crippen LogP contribution in [0.3, 0.4) is 0 Å². The Morgan fingerprint density at radius 2 is 2.21 bits per heavy atom. The quantitative estimate of drug-likeness (QED) is 0.328. The highest BCUT2D eigenvalue weighted by molar-refractivity contribution is 7.97. The third kappa shape index (κ3) is 7.90. The van der Waals surface area contributed by atoms with Gasteiger partial charge in [0.15, 0.2) is 0 Å². The molecule has 154 valence electrons. The maximum absolute atomic E-state index is 12.9. The Bertz CT molecular complexity index is 710. The topological polar surface area (TPSA) is 70.7 Å². The van der Waals surface area contributed by atoms with E-state index in [2.05, 4.69) is 23.9 Å². The van der Waals surface area contributed by atoms with Gasteiger partial charge >= 0.3 is 6.03 Å². The van der Waals surface area contributed by atoms with Crippen LogP contribution in [0, 0.1) is 0 Å². The summed E-state index contributed by atoms with van der Waals surface area (Å²) >= 11 is 1.52. The third-order valence-electron chi connectivity index (χ3n) is 4.01. The molecule has 6 nitrogen and oxygen atoms in total. The van der Waals surface area contributed by atoms with Crippen molar-refractivity contribution in [2.24, 2.45) is 0 Å². The van der Waals surface area contributed by atoms with Gasteiger partial charge in [0.05, 0.1) is 0 Å². The zero-order valence-electron chi connectivity index (χ0n) is 16.5. The zero-order chi connectivity index (χ0) is 20.6. The molecule has 0 aromatic heterocycles. The van der Waals surface area contributed by atoms with E-state index in [0.717, 1.165) is 24.2 Å². The molecule has 1 fully saturated rings. The predicted octanol–water partition coefficient (Wildman–Crippen LogP) is 4.03. The highest BCUT2D eigenvalue weighted by Crippen LogP contribution is 2.25. The number of carbonyl (C=O) groups is 2. The Balaban J connectivity index is 1.71. The number of imide groups is 1. The van der Waals surface area contributed by atoms with E-state index in [1.807, 2.05) is 30.3 Å². The van der Waals surface area contributed by atoms with Crippen LogP contribution in [0.15, 0.2) is 41.4 Å². The number of carbonyl (C=O) groups excluding carboxylic acids is 2. The number of unbranched alkanes of at least 4 members (excludes halogenated alkanes) is 1. The molecule has 0 saturated carbocycles. The fourth-order valence-electron chi connectivity index (χ4n) is 2.53. The minimum absolute atomic E-state index is 0.0494. The molecule has 1 aromatic carbocycles. The Hall–Kier alpha value is -2.06. The zero-order valence-corrected chi connectivity index (χ0v) is 17.4. The highest BCUT2D eigenvalue weighted by Gasteiger charge is 2.24. The van der Waals surface area contributed by atoms with Crippen molar-refractivity contribution < 1.29 is 18.7 Å². The van der Waals surface area contributed by atoms with Crippen LogP contribution in [0.1, 0.15) is 40.0 Å². The first-order valence-corrected chi connectivity index (χ1v) is 10.1. The number of halogens is 1. The standard InChI is InChI=1S/C20H28FN3O3S/c1-15(21)14-27-16-8-7-9-17(12-16)28-23-20(2,3)10-5-4-6-11-24-13-18(25)22-19(24)26/h6-9,11-12,15,23H,4-5,10,13-14H2,1-3H3,(H,22,25,26)/b11-6+. The summed E-state index contributed by atoms with van der Waals surface area (Å²) in [6.07, 6.45) is 5.28. The molecule has 1 aromatic rings. The Morgan fingerprint density at radius 3 is 2.89 bits per heavy atom. The molecule has 0 radical (unpaired) electrons. The number of rotatable bonds is 11. The molecule has 1 atom stereocenters. The summed E-state index contributed by atoms with van der Waals surface area (Å²) in [6, 6.07) is 7.20. The third-order valence-corrected chi connectivity index (χ3v) is 5.15. The maximum atomic E-state index is 12.9. The van der Waals surface area contributed by atoms with E-state index in [-0.39, 0.29) is 30.6 Å². The molecular weight excluding hydrogens is 381 g/mol. The van der Waals surface area contributed by atoms with Gasteiger partial charge in [-0.3, -0.25) is 19.7 Å². The summed E-state index contributed by atoms with van der Waals surface area (Å²) in [4.78, 5) is 24.9. The van der Waals surface area contributed by atoms with E-state index in [9.17, 15) is 14.0 Å². The van der Waals surface area contributed by atoms with Crippen molar-refractivity contribution in [3.05, 3.63) is 36.5 Å². The molecule has 8 heteroatoms. The van der Waals surface area contributed by atoms with Crippen LogP contribution in [0.5, 0.6) is 5.75 Å². The molecule has 0 bridgehead atoms. The van der Waals surface area contributed by atoms with Gasteiger partial charge in [0, 0.05) is 16.6 Å². The van der Waals surface area contributed by atoms with Crippen LogP contribution in [0.2, 0.25) is 0 Å². The lowest BCUT2D eigenvalue weighted by molar-refractivity contribution is -0.118. The van der Waals surface area contributed by atoms with Gasteiger partial charge in [-0.1, -0.05) is 12.1 Å². The van der Waals surface area contributed by atoms with Crippen molar-refractivity contribution in [3.8, 4) is 5.75 Å². The highest BCUT2D eigenvalue weighted by atomic mass is 32.2. The van der Waals surface area contributed by atoms with E-state index in [0.29, 0.717) is 5.75 Å².